The molecule has 0 saturated heterocycles. The van der Waals surface area contributed by atoms with Crippen molar-refractivity contribution in [1.82, 2.24) is 4.90 Å². The second-order valence-electron chi connectivity index (χ2n) is 10.1. The number of anilines is 1. The van der Waals surface area contributed by atoms with Crippen molar-refractivity contribution in [2.45, 2.75) is 84.6 Å². The molecule has 1 aliphatic rings. The molecule has 39 heavy (non-hydrogen) atoms. The van der Waals surface area contributed by atoms with Crippen molar-refractivity contribution in [3.05, 3.63) is 59.1 Å². The zero-order valence-electron chi connectivity index (χ0n) is 24.0. The highest BCUT2D eigenvalue weighted by atomic mass is 32.2. The molecule has 3 rings (SSSR count). The number of hydrogen-bond donors (Lipinski definition) is 1. The van der Waals surface area contributed by atoms with Gasteiger partial charge in [-0.25, -0.2) is 0 Å². The Kier molecular flexibility index (Phi) is 14.0. The van der Waals surface area contributed by atoms with Crippen LogP contribution < -0.4 is 19.5 Å². The number of hydrogen-bond acceptors (Lipinski definition) is 6. The van der Waals surface area contributed by atoms with Gasteiger partial charge in [0.2, 0.25) is 0 Å². The van der Waals surface area contributed by atoms with Gasteiger partial charge in [-0.15, -0.1) is 11.8 Å². The van der Waals surface area contributed by atoms with Gasteiger partial charge in [-0.1, -0.05) is 76.8 Å². The topological polar surface area (TPSA) is 60.0 Å². The highest BCUT2D eigenvalue weighted by molar-refractivity contribution is 8.03. The first-order valence-corrected chi connectivity index (χ1v) is 15.4. The lowest BCUT2D eigenvalue weighted by Gasteiger charge is -2.16. The Balaban J connectivity index is 1.40. The van der Waals surface area contributed by atoms with E-state index in [9.17, 15) is 4.79 Å². The van der Waals surface area contributed by atoms with E-state index in [0.29, 0.717) is 23.9 Å². The van der Waals surface area contributed by atoms with Crippen molar-refractivity contribution in [2.24, 2.45) is 0 Å². The van der Waals surface area contributed by atoms with Crippen LogP contribution in [0.25, 0.3) is 0 Å². The van der Waals surface area contributed by atoms with Gasteiger partial charge >= 0.3 is 0 Å². The molecule has 2 aromatic carbocycles. The predicted molar refractivity (Wildman–Crippen MR) is 163 cm³/mol. The molecule has 0 aliphatic carbocycles. The van der Waals surface area contributed by atoms with E-state index >= 15 is 0 Å². The molecule has 1 heterocycles. The van der Waals surface area contributed by atoms with Gasteiger partial charge in [-0.05, 0) is 48.1 Å². The van der Waals surface area contributed by atoms with Crippen molar-refractivity contribution >= 4 is 23.4 Å². The lowest BCUT2D eigenvalue weighted by molar-refractivity contribution is -0.118. The first kappa shape index (κ1) is 30.7. The minimum atomic E-state index is -0.212. The van der Waals surface area contributed by atoms with Crippen LogP contribution >= 0.6 is 11.8 Å². The number of nitrogens with zero attached hydrogens (tertiary/aromatic N) is 1. The van der Waals surface area contributed by atoms with Gasteiger partial charge in [0.1, 0.15) is 5.75 Å². The van der Waals surface area contributed by atoms with Gasteiger partial charge in [0.15, 0.2) is 18.1 Å². The number of nitrogens with one attached hydrogen (secondary N) is 1. The van der Waals surface area contributed by atoms with Crippen LogP contribution in [-0.4, -0.2) is 37.0 Å². The maximum atomic E-state index is 12.7. The lowest BCUT2D eigenvalue weighted by Crippen LogP contribution is -2.20. The lowest BCUT2D eigenvalue weighted by atomic mass is 10.1. The molecule has 0 aromatic heterocycles. The van der Waals surface area contributed by atoms with Gasteiger partial charge in [0.05, 0.1) is 19.6 Å². The zero-order valence-corrected chi connectivity index (χ0v) is 24.8. The largest absolute Gasteiger partial charge is 0.497 e. The Labute approximate surface area is 239 Å². The molecule has 0 bridgehead atoms. The number of methoxy groups -OCH3 is 1. The summed E-state index contributed by atoms with van der Waals surface area (Å²) in [5, 5.41) is 2.95. The molecule has 0 saturated carbocycles. The number of rotatable bonds is 19. The van der Waals surface area contributed by atoms with E-state index in [0.717, 1.165) is 36.5 Å². The molecule has 0 atom stereocenters. The molecule has 2 aromatic rings. The summed E-state index contributed by atoms with van der Waals surface area (Å²) in [7, 11) is 1.63. The Morgan fingerprint density at radius 3 is 2.36 bits per heavy atom. The molecule has 214 valence electrons. The summed E-state index contributed by atoms with van der Waals surface area (Å²) in [5.41, 5.74) is 1.92. The first-order chi connectivity index (χ1) is 19.1. The van der Waals surface area contributed by atoms with Crippen LogP contribution in [0.4, 0.5) is 5.69 Å². The van der Waals surface area contributed by atoms with E-state index in [1.54, 1.807) is 13.2 Å². The predicted octanol–water partition coefficient (Wildman–Crippen LogP) is 8.38. The number of allylic oxidation sites excluding steroid dienone is 1. The smallest absolute Gasteiger partial charge is 0.262 e. The van der Waals surface area contributed by atoms with Gasteiger partial charge in [-0.3, -0.25) is 4.79 Å². The first-order valence-electron chi connectivity index (χ1n) is 14.4. The van der Waals surface area contributed by atoms with Crippen LogP contribution in [0.5, 0.6) is 17.2 Å². The quantitative estimate of drug-likeness (QED) is 0.176. The summed E-state index contributed by atoms with van der Waals surface area (Å²) in [6, 6.07) is 13.4. The minimum absolute atomic E-state index is 0.101. The molecule has 0 fully saturated rings. The number of carbonyl (C=O) groups excluding carboxylic acids is 1. The molecular formula is C32H46N2O4S. The number of thioether (sulfide) groups is 1. The third-order valence-corrected chi connectivity index (χ3v) is 7.71. The average molecular weight is 555 g/mol. The standard InChI is InChI=1S/C32H46N2O4S/c1-4-5-6-7-8-9-10-11-12-13-19-37-31-21-29(36-3)17-18-30(31)38-24-32(35)33-28-16-14-15-27(20-28)23-34-22-26(2)39-25-34/h14-18,20-22H,4-13,19,23-25H2,1-3H3,(H,33,35). The normalized spacial score (nSPS) is 12.8. The van der Waals surface area contributed by atoms with Crippen molar-refractivity contribution in [3.63, 3.8) is 0 Å². The monoisotopic (exact) mass is 554 g/mol. The van der Waals surface area contributed by atoms with Crippen molar-refractivity contribution < 1.29 is 19.0 Å². The fourth-order valence-corrected chi connectivity index (χ4v) is 5.31. The number of carbonyl (C=O) groups is 1. The summed E-state index contributed by atoms with van der Waals surface area (Å²) in [6.45, 7) is 5.71. The summed E-state index contributed by atoms with van der Waals surface area (Å²) in [6.07, 6.45) is 15.0. The maximum Gasteiger partial charge on any atom is 0.262 e. The minimum Gasteiger partial charge on any atom is -0.497 e. The van der Waals surface area contributed by atoms with E-state index in [-0.39, 0.29) is 12.5 Å². The van der Waals surface area contributed by atoms with E-state index in [1.165, 1.54) is 56.3 Å². The fourth-order valence-electron chi connectivity index (χ4n) is 4.55. The third kappa shape index (κ3) is 11.9. The number of ether oxygens (including phenoxy) is 3. The van der Waals surface area contributed by atoms with Crippen LogP contribution in [0.2, 0.25) is 0 Å². The van der Waals surface area contributed by atoms with Gasteiger partial charge in [0.25, 0.3) is 5.91 Å². The summed E-state index contributed by atoms with van der Waals surface area (Å²) >= 11 is 1.84. The summed E-state index contributed by atoms with van der Waals surface area (Å²) in [5.74, 6) is 2.59. The van der Waals surface area contributed by atoms with E-state index in [1.807, 2.05) is 42.1 Å². The molecule has 0 radical (unpaired) electrons. The highest BCUT2D eigenvalue weighted by Gasteiger charge is 2.12. The SMILES string of the molecule is CCCCCCCCCCCCOc1cc(OC)ccc1OCC(=O)Nc1cccc(CN2C=C(C)SC2)c1. The number of unbranched alkanes of at least 4 members (excludes halogenated alkanes) is 9. The molecule has 1 aliphatic heterocycles. The Morgan fingerprint density at radius 2 is 1.67 bits per heavy atom. The second-order valence-corrected chi connectivity index (χ2v) is 11.3. The molecule has 0 spiro atoms. The molecule has 0 unspecified atom stereocenters. The zero-order chi connectivity index (χ0) is 27.7. The second kappa shape index (κ2) is 17.7. The molecular weight excluding hydrogens is 508 g/mol. The molecule has 6 nitrogen and oxygen atoms in total. The van der Waals surface area contributed by atoms with E-state index < -0.39 is 0 Å². The molecule has 1 N–H and O–H groups in total. The van der Waals surface area contributed by atoms with Crippen molar-refractivity contribution in [1.29, 1.82) is 0 Å². The van der Waals surface area contributed by atoms with Crippen LogP contribution in [0, 0.1) is 0 Å². The summed E-state index contributed by atoms with van der Waals surface area (Å²) < 4.78 is 17.3. The molecule has 1 amide bonds. The van der Waals surface area contributed by atoms with Crippen molar-refractivity contribution in [3.8, 4) is 17.2 Å². The third-order valence-electron chi connectivity index (χ3n) is 6.68. The van der Waals surface area contributed by atoms with Crippen molar-refractivity contribution in [2.75, 3.05) is 31.5 Å². The van der Waals surface area contributed by atoms with Gasteiger partial charge in [-0.2, -0.15) is 0 Å². The molecule has 7 heteroatoms. The number of benzene rings is 2. The van der Waals surface area contributed by atoms with Gasteiger partial charge < -0.3 is 24.4 Å². The number of amides is 1. The van der Waals surface area contributed by atoms with Gasteiger partial charge in [0, 0.05) is 24.5 Å². The summed E-state index contributed by atoms with van der Waals surface area (Å²) in [4.78, 5) is 16.2. The highest BCUT2D eigenvalue weighted by Crippen LogP contribution is 2.32. The van der Waals surface area contributed by atoms with E-state index in [2.05, 4.69) is 36.3 Å². The maximum absolute atomic E-state index is 12.7. The van der Waals surface area contributed by atoms with Crippen LogP contribution in [-0.2, 0) is 11.3 Å². The van der Waals surface area contributed by atoms with Crippen LogP contribution in [0.1, 0.15) is 83.6 Å². The fraction of sp³-hybridized carbons (Fsp3) is 0.531. The van der Waals surface area contributed by atoms with Crippen LogP contribution in [0.15, 0.2) is 53.6 Å². The van der Waals surface area contributed by atoms with E-state index in [4.69, 9.17) is 14.2 Å². The Morgan fingerprint density at radius 1 is 0.923 bits per heavy atom. The Bertz CT molecular complexity index is 1040. The average Bonchev–Trinajstić information content (AvgIpc) is 3.35. The van der Waals surface area contributed by atoms with Crippen LogP contribution in [0.3, 0.4) is 0 Å². The Hall–Kier alpha value is -2.80.